The van der Waals surface area contributed by atoms with Crippen LogP contribution in [-0.4, -0.2) is 37.7 Å². The lowest BCUT2D eigenvalue weighted by Gasteiger charge is -2.46. The zero-order chi connectivity index (χ0) is 26.0. The number of benzene rings is 1. The molecule has 2 aliphatic carbocycles. The van der Waals surface area contributed by atoms with Crippen molar-refractivity contribution in [1.82, 2.24) is 25.1 Å². The van der Waals surface area contributed by atoms with Crippen molar-refractivity contribution in [2.45, 2.75) is 76.3 Å². The first-order chi connectivity index (χ1) is 17.6. The van der Waals surface area contributed by atoms with Gasteiger partial charge in [-0.15, -0.1) is 10.2 Å². The van der Waals surface area contributed by atoms with Gasteiger partial charge in [-0.2, -0.15) is 0 Å². The van der Waals surface area contributed by atoms with Gasteiger partial charge in [0, 0.05) is 36.8 Å². The van der Waals surface area contributed by atoms with Crippen molar-refractivity contribution < 1.29 is 4.79 Å². The van der Waals surface area contributed by atoms with Crippen LogP contribution in [0.2, 0.25) is 0 Å². The van der Waals surface area contributed by atoms with Gasteiger partial charge < -0.3 is 20.5 Å². The monoisotopic (exact) mass is 499 g/mol. The molecule has 0 saturated heterocycles. The summed E-state index contributed by atoms with van der Waals surface area (Å²) >= 11 is 0. The fourth-order valence-corrected chi connectivity index (χ4v) is 6.09. The van der Waals surface area contributed by atoms with Crippen LogP contribution in [0.4, 0.5) is 11.4 Å². The lowest BCUT2D eigenvalue weighted by Crippen LogP contribution is -2.43. The van der Waals surface area contributed by atoms with Crippen molar-refractivity contribution in [3.63, 3.8) is 0 Å². The predicted molar refractivity (Wildman–Crippen MR) is 145 cm³/mol. The van der Waals surface area contributed by atoms with E-state index in [1.54, 1.807) is 6.33 Å². The maximum Gasteiger partial charge on any atom is 0.274 e. The fraction of sp³-hybridized carbons (Fsp3) is 0.517. The molecule has 3 heterocycles. The summed E-state index contributed by atoms with van der Waals surface area (Å²) in [6, 6.07) is 10.1. The molecule has 1 amide bonds. The molecule has 8 nitrogen and oxygen atoms in total. The molecule has 2 aromatic heterocycles. The minimum absolute atomic E-state index is 0.132. The van der Waals surface area contributed by atoms with Gasteiger partial charge in [-0.25, -0.2) is 4.98 Å². The quantitative estimate of drug-likeness (QED) is 0.442. The van der Waals surface area contributed by atoms with Gasteiger partial charge in [0.05, 0.1) is 16.8 Å². The average molecular weight is 500 g/mol. The maximum atomic E-state index is 13.5. The van der Waals surface area contributed by atoms with E-state index in [2.05, 4.69) is 66.0 Å². The summed E-state index contributed by atoms with van der Waals surface area (Å²) in [6.45, 7) is 10.4. The minimum Gasteiger partial charge on any atom is -0.382 e. The van der Waals surface area contributed by atoms with Gasteiger partial charge in [0.15, 0.2) is 0 Å². The van der Waals surface area contributed by atoms with Crippen LogP contribution in [0.25, 0.3) is 0 Å². The highest BCUT2D eigenvalue weighted by atomic mass is 16.1. The molecule has 0 radical (unpaired) electrons. The van der Waals surface area contributed by atoms with Crippen LogP contribution < -0.4 is 16.0 Å². The molecule has 1 aromatic carbocycles. The van der Waals surface area contributed by atoms with Crippen LogP contribution >= 0.6 is 0 Å². The van der Waals surface area contributed by atoms with Gasteiger partial charge in [-0.05, 0) is 67.9 Å². The summed E-state index contributed by atoms with van der Waals surface area (Å²) in [5, 5.41) is 18.9. The second kappa shape index (κ2) is 8.38. The number of nitrogens with one attached hydrogen (secondary N) is 3. The van der Waals surface area contributed by atoms with Crippen LogP contribution in [0.5, 0.6) is 0 Å². The van der Waals surface area contributed by atoms with Gasteiger partial charge in [-0.3, -0.25) is 4.79 Å². The van der Waals surface area contributed by atoms with Crippen LogP contribution in [0.15, 0.2) is 36.7 Å². The SMILES string of the molecule is CC1CC(c2cccc(NC(=O)c3cc(CNC4(C)CC4)c4c(n3)C(C)(C)CN4)c2)(c2nncn2C)C1. The number of hydrogen-bond acceptors (Lipinski definition) is 6. The largest absolute Gasteiger partial charge is 0.382 e. The van der Waals surface area contributed by atoms with E-state index in [1.807, 2.05) is 29.8 Å². The minimum atomic E-state index is -0.184. The molecule has 2 fully saturated rings. The van der Waals surface area contributed by atoms with Crippen molar-refractivity contribution in [2.75, 3.05) is 17.2 Å². The third-order valence-electron chi connectivity index (χ3n) is 8.59. The molecule has 6 rings (SSSR count). The molecule has 37 heavy (non-hydrogen) atoms. The van der Waals surface area contributed by atoms with Crippen LogP contribution in [0.3, 0.4) is 0 Å². The summed E-state index contributed by atoms with van der Waals surface area (Å²) in [5.41, 5.74) is 5.44. The highest BCUT2D eigenvalue weighted by molar-refractivity contribution is 6.03. The Morgan fingerprint density at radius 3 is 2.65 bits per heavy atom. The summed E-state index contributed by atoms with van der Waals surface area (Å²) in [7, 11) is 2.00. The van der Waals surface area contributed by atoms with Gasteiger partial charge in [0.25, 0.3) is 5.91 Å². The topological polar surface area (TPSA) is 96.8 Å². The Bertz CT molecular complexity index is 1360. The van der Waals surface area contributed by atoms with Gasteiger partial charge in [0.2, 0.25) is 0 Å². The first-order valence-electron chi connectivity index (χ1n) is 13.4. The molecule has 3 aliphatic rings. The molecule has 0 bridgehead atoms. The second-order valence-corrected chi connectivity index (χ2v) is 12.4. The third kappa shape index (κ3) is 4.21. The number of aromatic nitrogens is 4. The molecule has 194 valence electrons. The van der Waals surface area contributed by atoms with Crippen molar-refractivity contribution in [3.8, 4) is 0 Å². The third-order valence-corrected chi connectivity index (χ3v) is 8.59. The van der Waals surface area contributed by atoms with E-state index in [1.165, 1.54) is 12.8 Å². The molecule has 3 N–H and O–H groups in total. The number of amides is 1. The first kappa shape index (κ1) is 24.1. The highest BCUT2D eigenvalue weighted by Crippen LogP contribution is 2.51. The molecule has 8 heteroatoms. The van der Waals surface area contributed by atoms with E-state index in [9.17, 15) is 4.79 Å². The van der Waals surface area contributed by atoms with E-state index in [0.29, 0.717) is 11.6 Å². The van der Waals surface area contributed by atoms with Crippen molar-refractivity contribution >= 4 is 17.3 Å². The number of carbonyl (C=O) groups excluding carboxylic acids is 1. The number of fused-ring (bicyclic) bond motifs is 1. The lowest BCUT2D eigenvalue weighted by atomic mass is 9.58. The van der Waals surface area contributed by atoms with E-state index in [4.69, 9.17) is 4.98 Å². The van der Waals surface area contributed by atoms with Crippen molar-refractivity contribution in [1.29, 1.82) is 0 Å². The van der Waals surface area contributed by atoms with E-state index < -0.39 is 0 Å². The zero-order valence-electron chi connectivity index (χ0n) is 22.5. The van der Waals surface area contributed by atoms with E-state index in [-0.39, 0.29) is 22.3 Å². The molecule has 1 aliphatic heterocycles. The van der Waals surface area contributed by atoms with Crippen LogP contribution in [0, 0.1) is 5.92 Å². The van der Waals surface area contributed by atoms with Gasteiger partial charge in [0.1, 0.15) is 17.8 Å². The van der Waals surface area contributed by atoms with Gasteiger partial charge >= 0.3 is 0 Å². The lowest BCUT2D eigenvalue weighted by molar-refractivity contribution is 0.102. The second-order valence-electron chi connectivity index (χ2n) is 12.4. The Morgan fingerprint density at radius 1 is 1.19 bits per heavy atom. The molecule has 0 unspecified atom stereocenters. The number of carbonyl (C=O) groups is 1. The van der Waals surface area contributed by atoms with Crippen LogP contribution in [0.1, 0.15) is 86.5 Å². The fourth-order valence-electron chi connectivity index (χ4n) is 6.09. The maximum absolute atomic E-state index is 13.5. The molecule has 0 spiro atoms. The predicted octanol–water partition coefficient (Wildman–Crippen LogP) is 4.52. The Morgan fingerprint density at radius 2 is 1.97 bits per heavy atom. The number of anilines is 2. The zero-order valence-corrected chi connectivity index (χ0v) is 22.5. The Kier molecular flexibility index (Phi) is 5.46. The number of nitrogens with zero attached hydrogens (tertiary/aromatic N) is 4. The van der Waals surface area contributed by atoms with E-state index in [0.717, 1.165) is 60.0 Å². The van der Waals surface area contributed by atoms with Crippen molar-refractivity contribution in [2.24, 2.45) is 13.0 Å². The Labute approximate surface area is 218 Å². The first-order valence-corrected chi connectivity index (χ1v) is 13.4. The Hall–Kier alpha value is -3.26. The molecule has 2 saturated carbocycles. The van der Waals surface area contributed by atoms with Crippen LogP contribution in [-0.2, 0) is 24.4 Å². The van der Waals surface area contributed by atoms with Crippen molar-refractivity contribution in [3.05, 3.63) is 65.0 Å². The summed E-state index contributed by atoms with van der Waals surface area (Å²) in [6.07, 6.45) is 6.17. The average Bonchev–Trinajstić information content (AvgIpc) is 3.29. The van der Waals surface area contributed by atoms with Gasteiger partial charge in [-0.1, -0.05) is 32.9 Å². The molecular formula is C29H37N7O. The number of hydrogen-bond donors (Lipinski definition) is 3. The smallest absolute Gasteiger partial charge is 0.274 e. The number of rotatable bonds is 7. The number of aryl methyl sites for hydroxylation is 1. The number of pyridine rings is 1. The highest BCUT2D eigenvalue weighted by Gasteiger charge is 2.48. The summed E-state index contributed by atoms with van der Waals surface area (Å²) < 4.78 is 2.01. The molecule has 0 atom stereocenters. The molecular weight excluding hydrogens is 462 g/mol. The summed E-state index contributed by atoms with van der Waals surface area (Å²) in [5.74, 6) is 1.41. The van der Waals surface area contributed by atoms with E-state index >= 15 is 0 Å². The normalized spacial score (nSPS) is 24.6. The Balaban J connectivity index is 1.29. The summed E-state index contributed by atoms with van der Waals surface area (Å²) in [4.78, 5) is 18.4. The standard InChI is InChI=1S/C29H37N7O/c1-18-13-29(14-18,26-35-32-17-36(26)5)20-7-6-8-21(12-20)33-25(37)22-11-19(15-31-28(4)9-10-28)23-24(34-22)27(2,3)16-30-23/h6-8,11-12,17-18,30-31H,9-10,13-16H2,1-5H3,(H,33,37). The molecule has 3 aromatic rings.